The van der Waals surface area contributed by atoms with Gasteiger partial charge in [0.05, 0.1) is 12.6 Å². The second-order valence-corrected chi connectivity index (χ2v) is 8.05. The molecule has 0 radical (unpaired) electrons. The maximum absolute atomic E-state index is 12.8. The number of carboxylic acids is 1. The lowest BCUT2D eigenvalue weighted by Gasteiger charge is -2.24. The van der Waals surface area contributed by atoms with Gasteiger partial charge in [-0.15, -0.1) is 0 Å². The van der Waals surface area contributed by atoms with Gasteiger partial charge in [0.1, 0.15) is 18.1 Å². The van der Waals surface area contributed by atoms with E-state index < -0.39 is 60.4 Å². The second kappa shape index (κ2) is 17.9. The van der Waals surface area contributed by atoms with E-state index in [1.807, 2.05) is 0 Å². The summed E-state index contributed by atoms with van der Waals surface area (Å²) in [5.74, 6) is -4.56. The van der Waals surface area contributed by atoms with E-state index in [1.54, 1.807) is 0 Å². The number of guanidine groups is 1. The standard InChI is InChI=1S/C20H39N9O7/c21-8-2-1-4-12(27-16(32)11(22)6-7-15(23)31)17(33)29-14(10-30)18(34)28-13(19(35)36)5-3-9-26-20(24)25/h11-14,30H,1-10,21-22H2,(H2,23,31)(H,27,32)(H,28,34)(H,29,33)(H,35,36)(H4,24,25,26). The molecule has 206 valence electrons. The minimum atomic E-state index is -1.49. The average Bonchev–Trinajstić information content (AvgIpc) is 2.81. The molecule has 0 aliphatic heterocycles. The van der Waals surface area contributed by atoms with Crippen molar-refractivity contribution < 1.29 is 34.2 Å². The molecular formula is C20H39N9O7. The van der Waals surface area contributed by atoms with E-state index in [0.29, 0.717) is 19.4 Å². The van der Waals surface area contributed by atoms with Crippen LogP contribution in [0.5, 0.6) is 0 Å². The molecule has 15 N–H and O–H groups in total. The first-order valence-electron chi connectivity index (χ1n) is 11.5. The fourth-order valence-electron chi connectivity index (χ4n) is 2.97. The molecule has 0 saturated heterocycles. The van der Waals surface area contributed by atoms with Gasteiger partial charge in [0.25, 0.3) is 0 Å². The molecule has 0 heterocycles. The molecule has 0 rings (SSSR count). The maximum atomic E-state index is 12.8. The topological polar surface area (TPSA) is 304 Å². The molecule has 0 aliphatic rings. The first-order valence-corrected chi connectivity index (χ1v) is 11.5. The van der Waals surface area contributed by atoms with E-state index in [2.05, 4.69) is 20.9 Å². The first-order chi connectivity index (χ1) is 16.9. The number of amides is 4. The van der Waals surface area contributed by atoms with Gasteiger partial charge in [-0.05, 0) is 45.1 Å². The number of nitrogens with one attached hydrogen (secondary N) is 3. The molecule has 0 aromatic rings. The molecule has 0 aromatic heterocycles. The van der Waals surface area contributed by atoms with Crippen molar-refractivity contribution in [3.8, 4) is 0 Å². The van der Waals surface area contributed by atoms with Gasteiger partial charge in [0.15, 0.2) is 5.96 Å². The summed E-state index contributed by atoms with van der Waals surface area (Å²) in [5, 5.41) is 26.0. The van der Waals surface area contributed by atoms with Crippen molar-refractivity contribution in [3.05, 3.63) is 0 Å². The Hall–Kier alpha value is -3.50. The van der Waals surface area contributed by atoms with Crippen molar-refractivity contribution in [1.29, 1.82) is 0 Å². The van der Waals surface area contributed by atoms with E-state index in [-0.39, 0.29) is 44.6 Å². The Bertz CT molecular complexity index is 775. The third-order valence-electron chi connectivity index (χ3n) is 4.99. The van der Waals surface area contributed by atoms with Gasteiger partial charge in [-0.25, -0.2) is 4.79 Å². The van der Waals surface area contributed by atoms with Gasteiger partial charge in [0, 0.05) is 13.0 Å². The smallest absolute Gasteiger partial charge is 0.326 e. The normalized spacial score (nSPS) is 14.0. The number of aliphatic carboxylic acids is 1. The molecule has 0 fully saturated rings. The van der Waals surface area contributed by atoms with E-state index in [0.717, 1.165) is 0 Å². The van der Waals surface area contributed by atoms with Crippen LogP contribution in [0, 0.1) is 0 Å². The van der Waals surface area contributed by atoms with Gasteiger partial charge in [-0.2, -0.15) is 0 Å². The maximum Gasteiger partial charge on any atom is 0.326 e. The largest absolute Gasteiger partial charge is 0.480 e. The Morgan fingerprint density at radius 1 is 0.778 bits per heavy atom. The summed E-state index contributed by atoms with van der Waals surface area (Å²) in [6.45, 7) is -0.338. The van der Waals surface area contributed by atoms with Crippen molar-refractivity contribution >= 4 is 35.6 Å². The van der Waals surface area contributed by atoms with Crippen molar-refractivity contribution in [3.63, 3.8) is 0 Å². The van der Waals surface area contributed by atoms with Crippen molar-refractivity contribution in [1.82, 2.24) is 16.0 Å². The monoisotopic (exact) mass is 517 g/mol. The number of carboxylic acid groups (broad SMARTS) is 1. The van der Waals surface area contributed by atoms with E-state index in [4.69, 9.17) is 28.7 Å². The summed E-state index contributed by atoms with van der Waals surface area (Å²) in [5.41, 5.74) is 26.7. The van der Waals surface area contributed by atoms with Gasteiger partial charge in [0.2, 0.25) is 23.6 Å². The molecule has 4 atom stereocenters. The quantitative estimate of drug-likeness (QED) is 0.0440. The zero-order valence-corrected chi connectivity index (χ0v) is 20.2. The molecular weight excluding hydrogens is 478 g/mol. The first kappa shape index (κ1) is 32.5. The SMILES string of the molecule is NCCCCC(NC(=O)C(N)CCC(N)=O)C(=O)NC(CO)C(=O)NC(CCCN=C(N)N)C(=O)O. The number of primary amides is 1. The Kier molecular flexibility index (Phi) is 16.1. The number of nitrogens with two attached hydrogens (primary N) is 5. The zero-order valence-electron chi connectivity index (χ0n) is 20.2. The van der Waals surface area contributed by atoms with Crippen LogP contribution >= 0.6 is 0 Å². The number of rotatable bonds is 19. The fourth-order valence-corrected chi connectivity index (χ4v) is 2.97. The number of nitrogens with zero attached hydrogens (tertiary/aromatic N) is 1. The number of carbonyl (C=O) groups is 5. The van der Waals surface area contributed by atoms with Gasteiger partial charge in [-0.3, -0.25) is 24.2 Å². The number of aliphatic imine (C=N–C) groups is 1. The van der Waals surface area contributed by atoms with E-state index in [9.17, 15) is 34.2 Å². The molecule has 0 aromatic carbocycles. The Balaban J connectivity index is 5.21. The van der Waals surface area contributed by atoms with Crippen molar-refractivity contribution in [2.75, 3.05) is 19.7 Å². The minimum absolute atomic E-state index is 0.00902. The molecule has 0 bridgehead atoms. The molecule has 16 heteroatoms. The molecule has 4 amide bonds. The Morgan fingerprint density at radius 3 is 1.86 bits per heavy atom. The number of unbranched alkanes of at least 4 members (excludes halogenated alkanes) is 1. The lowest BCUT2D eigenvalue weighted by atomic mass is 10.1. The number of aliphatic hydroxyl groups is 1. The van der Waals surface area contributed by atoms with Crippen molar-refractivity contribution in [2.24, 2.45) is 33.7 Å². The average molecular weight is 518 g/mol. The lowest BCUT2D eigenvalue weighted by Crippen LogP contribution is -2.58. The number of hydrogen-bond acceptors (Lipinski definition) is 9. The molecule has 0 saturated carbocycles. The summed E-state index contributed by atoms with van der Waals surface area (Å²) in [6.07, 6.45) is 1.25. The van der Waals surface area contributed by atoms with Crippen LogP contribution in [0.4, 0.5) is 0 Å². The van der Waals surface area contributed by atoms with Gasteiger partial charge < -0.3 is 54.8 Å². The molecule has 4 unspecified atom stereocenters. The third-order valence-corrected chi connectivity index (χ3v) is 4.99. The summed E-state index contributed by atoms with van der Waals surface area (Å²) in [7, 11) is 0. The number of carbonyl (C=O) groups excluding carboxylic acids is 4. The predicted molar refractivity (Wildman–Crippen MR) is 130 cm³/mol. The predicted octanol–water partition coefficient (Wildman–Crippen LogP) is -4.71. The fraction of sp³-hybridized carbons (Fsp3) is 0.700. The highest BCUT2D eigenvalue weighted by molar-refractivity contribution is 5.94. The van der Waals surface area contributed by atoms with Crippen LogP contribution in [0.1, 0.15) is 44.9 Å². The molecule has 0 aliphatic carbocycles. The van der Waals surface area contributed by atoms with Crippen LogP contribution in [-0.2, 0) is 24.0 Å². The Labute approximate surface area is 208 Å². The Morgan fingerprint density at radius 2 is 1.33 bits per heavy atom. The van der Waals surface area contributed by atoms with Crippen LogP contribution in [0.25, 0.3) is 0 Å². The second-order valence-electron chi connectivity index (χ2n) is 8.05. The highest BCUT2D eigenvalue weighted by Crippen LogP contribution is 2.05. The van der Waals surface area contributed by atoms with Gasteiger partial charge >= 0.3 is 5.97 Å². The van der Waals surface area contributed by atoms with Crippen LogP contribution in [0.3, 0.4) is 0 Å². The van der Waals surface area contributed by atoms with Crippen LogP contribution < -0.4 is 44.6 Å². The van der Waals surface area contributed by atoms with E-state index in [1.165, 1.54) is 0 Å². The molecule has 0 spiro atoms. The van der Waals surface area contributed by atoms with Crippen LogP contribution in [0.15, 0.2) is 4.99 Å². The molecule has 16 nitrogen and oxygen atoms in total. The summed E-state index contributed by atoms with van der Waals surface area (Å²) >= 11 is 0. The van der Waals surface area contributed by atoms with Crippen LogP contribution in [0.2, 0.25) is 0 Å². The summed E-state index contributed by atoms with van der Waals surface area (Å²) < 4.78 is 0. The van der Waals surface area contributed by atoms with E-state index >= 15 is 0 Å². The number of hydrogen-bond donors (Lipinski definition) is 10. The third kappa shape index (κ3) is 14.0. The van der Waals surface area contributed by atoms with Crippen molar-refractivity contribution in [2.45, 2.75) is 69.1 Å². The van der Waals surface area contributed by atoms with Crippen LogP contribution in [-0.4, -0.2) is 89.6 Å². The minimum Gasteiger partial charge on any atom is -0.480 e. The van der Waals surface area contributed by atoms with Gasteiger partial charge in [-0.1, -0.05) is 0 Å². The number of aliphatic hydroxyl groups excluding tert-OH is 1. The molecule has 36 heavy (non-hydrogen) atoms. The highest BCUT2D eigenvalue weighted by atomic mass is 16.4. The highest BCUT2D eigenvalue weighted by Gasteiger charge is 2.29. The lowest BCUT2D eigenvalue weighted by molar-refractivity contribution is -0.142. The summed E-state index contributed by atoms with van der Waals surface area (Å²) in [6, 6.07) is -5.04. The zero-order chi connectivity index (χ0) is 27.7. The summed E-state index contributed by atoms with van der Waals surface area (Å²) in [4.78, 5) is 63.8.